The van der Waals surface area contributed by atoms with Crippen LogP contribution in [-0.4, -0.2) is 258 Å². The molecule has 103 heavy (non-hydrogen) atoms. The summed E-state index contributed by atoms with van der Waals surface area (Å²) in [6.45, 7) is 8.05. The fourth-order valence-electron chi connectivity index (χ4n) is 17.6. The standard InChI is InChI=1S/C75H118F5N11O12/c1-12-46(4)64-71(100)85(7)44-62(94)87(9)56-26-15-14-20-35-90(70(56)99)59(40-49-29-27-45(3)28-30-49)69(98)84(6)43-60(92)81-55(32-31-50-37-53(76)63(54(77)38-50)75(78,79)80)68(97)91-42-52(103-13-2)41-58(91)67(96)83-74(33-21-34-74)73(102)89(11)65(51-24-18-19-25-51)72(101)86(8)47(5)36-61(93)88(10)57(66(95)82-64)39-48-22-16-17-23-48/h14-15,45-59,63-65H,12-13,16-44H2,1-11H3,(H,81,92)(H,82,95)(H,83,96)/b15-14-/t45?,46-,47+,49?,50?,52+,53?,54?,55-,56-,57-,58-,59-,63?,64-,65-/m0/s1. The molecule has 12 atom stereocenters. The van der Waals surface area contributed by atoms with E-state index in [2.05, 4.69) is 22.9 Å². The van der Waals surface area contributed by atoms with Gasteiger partial charge in [0.25, 0.3) is 0 Å². The molecule has 5 aliphatic carbocycles. The van der Waals surface area contributed by atoms with Gasteiger partial charge in [0.1, 0.15) is 66.1 Å². The number of carbonyl (C=O) groups is 11. The highest BCUT2D eigenvalue weighted by Crippen LogP contribution is 2.45. The number of nitrogens with one attached hydrogen (secondary N) is 3. The summed E-state index contributed by atoms with van der Waals surface area (Å²) in [5.41, 5.74) is -1.55. The first-order valence-corrected chi connectivity index (χ1v) is 38.4. The molecule has 5 saturated carbocycles. The minimum Gasteiger partial charge on any atom is -0.377 e. The van der Waals surface area contributed by atoms with E-state index < -0.39 is 187 Å². The second-order valence-corrected chi connectivity index (χ2v) is 31.9. The molecule has 1 spiro atoms. The number of hydrogen-bond acceptors (Lipinski definition) is 12. The fraction of sp³-hybridized carbons (Fsp3) is 0.827. The molecule has 2 bridgehead atoms. The number of carbonyl (C=O) groups excluding carboxylic acids is 11. The van der Waals surface area contributed by atoms with Gasteiger partial charge in [-0.1, -0.05) is 104 Å². The second kappa shape index (κ2) is 36.2. The number of halogens is 5. The quantitative estimate of drug-likeness (QED) is 0.129. The average Bonchev–Trinajstić information content (AvgIpc) is 1.68. The predicted octanol–water partition coefficient (Wildman–Crippen LogP) is 7.27. The molecular weight excluding hydrogens is 1340 g/mol. The Morgan fingerprint density at radius 1 is 0.602 bits per heavy atom. The molecule has 580 valence electrons. The van der Waals surface area contributed by atoms with Crippen molar-refractivity contribution >= 4 is 65.0 Å². The molecule has 8 aliphatic rings. The number of fused-ring (bicyclic) bond motifs is 3. The zero-order valence-electron chi connectivity index (χ0n) is 62.8. The molecule has 3 aliphatic heterocycles. The first-order valence-electron chi connectivity index (χ1n) is 38.4. The molecule has 0 aromatic rings. The molecule has 28 heteroatoms. The molecule has 3 heterocycles. The van der Waals surface area contributed by atoms with Gasteiger partial charge in [-0.05, 0) is 133 Å². The number of likely N-dealkylation sites (N-methyl/N-ethyl adjacent to an activating group) is 6. The lowest BCUT2D eigenvalue weighted by Crippen LogP contribution is -2.68. The van der Waals surface area contributed by atoms with Crippen LogP contribution in [0.4, 0.5) is 22.0 Å². The zero-order chi connectivity index (χ0) is 75.5. The van der Waals surface area contributed by atoms with Crippen molar-refractivity contribution in [1.29, 1.82) is 0 Å². The summed E-state index contributed by atoms with van der Waals surface area (Å²) in [5, 5.41) is 8.75. The molecule has 2 saturated heterocycles. The summed E-state index contributed by atoms with van der Waals surface area (Å²) in [6, 6.07) is -9.26. The van der Waals surface area contributed by atoms with Crippen LogP contribution < -0.4 is 16.0 Å². The number of nitrogens with zero attached hydrogens (tertiary/aromatic N) is 8. The Morgan fingerprint density at radius 2 is 1.21 bits per heavy atom. The average molecular weight is 1460 g/mol. The van der Waals surface area contributed by atoms with E-state index in [0.717, 1.165) is 69.1 Å². The molecule has 8 rings (SSSR count). The second-order valence-electron chi connectivity index (χ2n) is 31.9. The van der Waals surface area contributed by atoms with Crippen LogP contribution in [0.3, 0.4) is 0 Å². The maximum atomic E-state index is 15.5. The van der Waals surface area contributed by atoms with E-state index in [0.29, 0.717) is 44.4 Å². The van der Waals surface area contributed by atoms with Crippen LogP contribution in [0.15, 0.2) is 12.2 Å². The van der Waals surface area contributed by atoms with E-state index in [1.165, 1.54) is 62.5 Å². The van der Waals surface area contributed by atoms with Gasteiger partial charge in [0.2, 0.25) is 65.0 Å². The summed E-state index contributed by atoms with van der Waals surface area (Å²) >= 11 is 0. The summed E-state index contributed by atoms with van der Waals surface area (Å²) in [7, 11) is 8.90. The van der Waals surface area contributed by atoms with Gasteiger partial charge in [-0.3, -0.25) is 52.7 Å². The van der Waals surface area contributed by atoms with Crippen LogP contribution in [0.1, 0.15) is 202 Å². The summed E-state index contributed by atoms with van der Waals surface area (Å²) in [6.07, 6.45) is 2.01. The van der Waals surface area contributed by atoms with Crippen molar-refractivity contribution in [3.8, 4) is 0 Å². The van der Waals surface area contributed by atoms with Crippen molar-refractivity contribution < 1.29 is 79.4 Å². The van der Waals surface area contributed by atoms with Crippen LogP contribution in [0, 0.1) is 41.4 Å². The SMILES string of the molecule is CCO[C@@H]1C[C@H]2C(=O)NC3(CCC3)C(=O)N(C)[C@@H](C3CCCC3)C(=O)N(C)[C@H](C)CC(=O)N(C)[C@@H](CC3CCCC3)C(=O)N[C@@H]([C@@H](C)CC)C(=O)N(C)CC(=O)N(C)[C@H]3C/C=C\CCN(C3=O)[C@@H](CC3CCC(C)CC3)C(=O)N(C)CC(=O)N[C@@H](CCC3CC(F)C(C(F)(F)F)C(F)C3)C(=O)N2C1. The number of alkyl halides is 5. The summed E-state index contributed by atoms with van der Waals surface area (Å²) in [4.78, 5) is 177. The van der Waals surface area contributed by atoms with Gasteiger partial charge in [-0.15, -0.1) is 0 Å². The van der Waals surface area contributed by atoms with Gasteiger partial charge >= 0.3 is 6.18 Å². The highest BCUT2D eigenvalue weighted by Gasteiger charge is 2.56. The summed E-state index contributed by atoms with van der Waals surface area (Å²) in [5.74, 6) is -11.0. The monoisotopic (exact) mass is 1460 g/mol. The zero-order valence-corrected chi connectivity index (χ0v) is 62.8. The lowest BCUT2D eigenvalue weighted by Gasteiger charge is -2.46. The predicted molar refractivity (Wildman–Crippen MR) is 375 cm³/mol. The van der Waals surface area contributed by atoms with Crippen molar-refractivity contribution in [2.75, 3.05) is 75.1 Å². The molecular formula is C75H118F5N11O12. The third-order valence-corrected chi connectivity index (χ3v) is 24.6. The number of rotatable bonds is 12. The highest BCUT2D eigenvalue weighted by atomic mass is 19.4. The van der Waals surface area contributed by atoms with Crippen molar-refractivity contribution in [2.45, 2.75) is 280 Å². The Bertz CT molecular complexity index is 3020. The van der Waals surface area contributed by atoms with E-state index >= 15 is 37.5 Å². The molecule has 3 N–H and O–H groups in total. The number of amides is 11. The van der Waals surface area contributed by atoms with Gasteiger partial charge in [0, 0.05) is 80.9 Å². The van der Waals surface area contributed by atoms with E-state index in [9.17, 15) is 37.1 Å². The first kappa shape index (κ1) is 82.2. The molecule has 11 amide bonds. The largest absolute Gasteiger partial charge is 0.397 e. The van der Waals surface area contributed by atoms with E-state index in [1.54, 1.807) is 40.9 Å². The molecule has 23 nitrogen and oxygen atoms in total. The van der Waals surface area contributed by atoms with Crippen molar-refractivity contribution in [2.24, 2.45) is 41.4 Å². The topological polar surface area (TPSA) is 259 Å². The Labute approximate surface area is 605 Å². The van der Waals surface area contributed by atoms with Gasteiger partial charge < -0.3 is 59.9 Å². The number of hydrogen-bond donors (Lipinski definition) is 3. The maximum absolute atomic E-state index is 15.5. The molecule has 0 aromatic heterocycles. The van der Waals surface area contributed by atoms with E-state index in [4.69, 9.17) is 4.74 Å². The van der Waals surface area contributed by atoms with E-state index in [-0.39, 0.29) is 88.8 Å². The van der Waals surface area contributed by atoms with Gasteiger partial charge in [-0.2, -0.15) is 13.2 Å². The highest BCUT2D eigenvalue weighted by molar-refractivity contribution is 6.00. The molecule has 0 radical (unpaired) electrons. The third-order valence-electron chi connectivity index (χ3n) is 24.6. The van der Waals surface area contributed by atoms with Crippen LogP contribution in [0.25, 0.3) is 0 Å². The van der Waals surface area contributed by atoms with Crippen LogP contribution in [0.5, 0.6) is 0 Å². The Morgan fingerprint density at radius 3 is 1.82 bits per heavy atom. The van der Waals surface area contributed by atoms with Gasteiger partial charge in [0.05, 0.1) is 19.2 Å². The molecule has 7 fully saturated rings. The van der Waals surface area contributed by atoms with E-state index in [1.807, 2.05) is 13.0 Å². The minimum atomic E-state index is -5.16. The fourth-order valence-corrected chi connectivity index (χ4v) is 17.6. The molecule has 0 aromatic carbocycles. The van der Waals surface area contributed by atoms with Crippen molar-refractivity contribution in [3.05, 3.63) is 12.2 Å². The molecule has 2 unspecified atom stereocenters. The smallest absolute Gasteiger partial charge is 0.377 e. The number of ether oxygens (including phenoxy) is 1. The lowest BCUT2D eigenvalue weighted by atomic mass is 9.74. The van der Waals surface area contributed by atoms with Gasteiger partial charge in [0.15, 0.2) is 0 Å². The van der Waals surface area contributed by atoms with Crippen LogP contribution >= 0.6 is 0 Å². The first-order chi connectivity index (χ1) is 48.7. The Balaban J connectivity index is 1.17. The van der Waals surface area contributed by atoms with Crippen molar-refractivity contribution in [1.82, 2.24) is 55.1 Å². The maximum Gasteiger partial charge on any atom is 0.397 e. The van der Waals surface area contributed by atoms with Crippen LogP contribution in [-0.2, 0) is 57.5 Å². The van der Waals surface area contributed by atoms with Gasteiger partial charge in [-0.25, -0.2) is 8.78 Å². The lowest BCUT2D eigenvalue weighted by molar-refractivity contribution is -0.219. The Kier molecular flexibility index (Phi) is 28.9. The third kappa shape index (κ3) is 20.0. The normalized spacial score (nSPS) is 33.7. The Hall–Kier alpha value is -6.48. The van der Waals surface area contributed by atoms with Crippen LogP contribution in [0.2, 0.25) is 0 Å². The van der Waals surface area contributed by atoms with Crippen molar-refractivity contribution in [3.63, 3.8) is 0 Å². The minimum absolute atomic E-state index is 0.0311. The summed E-state index contributed by atoms with van der Waals surface area (Å²) < 4.78 is 78.8.